The summed E-state index contributed by atoms with van der Waals surface area (Å²) in [5.74, 6) is 2.68. The van der Waals surface area contributed by atoms with E-state index in [9.17, 15) is 9.59 Å². The normalized spacial score (nSPS) is 19.5. The maximum Gasteiger partial charge on any atom is 0.328 e. The zero-order chi connectivity index (χ0) is 23.9. The van der Waals surface area contributed by atoms with E-state index in [0.29, 0.717) is 29.3 Å². The van der Waals surface area contributed by atoms with E-state index < -0.39 is 0 Å². The maximum absolute atomic E-state index is 13.1. The third kappa shape index (κ3) is 3.85. The number of benzene rings is 2. The summed E-state index contributed by atoms with van der Waals surface area (Å²) in [4.78, 5) is 31.0. The van der Waals surface area contributed by atoms with E-state index in [1.807, 2.05) is 18.2 Å². The fourth-order valence-corrected chi connectivity index (χ4v) is 5.59. The highest BCUT2D eigenvalue weighted by Crippen LogP contribution is 2.46. The number of unbranched alkanes of at least 4 members (excludes halogenated alkanes) is 1. The second-order valence-electron chi connectivity index (χ2n) is 9.42. The van der Waals surface area contributed by atoms with Crippen molar-refractivity contribution in [3.05, 3.63) is 69.1 Å². The second kappa shape index (κ2) is 8.81. The number of nitrogens with one attached hydrogen (secondary N) is 1. The van der Waals surface area contributed by atoms with Crippen molar-refractivity contribution in [2.24, 2.45) is 5.92 Å². The topological polar surface area (TPSA) is 102 Å². The molecule has 2 aliphatic heterocycles. The Kier molecular flexibility index (Phi) is 5.49. The molecule has 1 fully saturated rings. The number of methoxy groups -OCH3 is 1. The molecule has 1 saturated heterocycles. The number of hydrogen-bond acceptors (Lipinski definition) is 7. The van der Waals surface area contributed by atoms with E-state index in [1.165, 1.54) is 10.1 Å². The van der Waals surface area contributed by atoms with Crippen LogP contribution in [0.5, 0.6) is 11.5 Å². The number of likely N-dealkylation sites (tertiary alicyclic amines) is 1. The molecule has 2 aromatic carbocycles. The Morgan fingerprint density at radius 1 is 1.09 bits per heavy atom. The highest BCUT2D eigenvalue weighted by Gasteiger charge is 2.40. The number of aromatic nitrogens is 4. The summed E-state index contributed by atoms with van der Waals surface area (Å²) in [5, 5.41) is 9.89. The lowest BCUT2D eigenvalue weighted by Crippen LogP contribution is -2.35. The van der Waals surface area contributed by atoms with E-state index in [-0.39, 0.29) is 11.2 Å². The molecule has 2 atom stereocenters. The van der Waals surface area contributed by atoms with E-state index in [0.717, 1.165) is 61.4 Å². The fraction of sp³-hybridized carbons (Fsp3) is 0.385. The van der Waals surface area contributed by atoms with E-state index in [1.54, 1.807) is 31.6 Å². The minimum absolute atomic E-state index is 0.268. The number of fused-ring (bicyclic) bond motifs is 5. The van der Waals surface area contributed by atoms with Crippen LogP contribution in [0.15, 0.2) is 52.3 Å². The van der Waals surface area contributed by atoms with Crippen molar-refractivity contribution in [2.45, 2.75) is 25.3 Å². The smallest absolute Gasteiger partial charge is 0.328 e. The number of nitrogens with zero attached hydrogens (tertiary/aromatic N) is 4. The Labute approximate surface area is 201 Å². The fourth-order valence-electron chi connectivity index (χ4n) is 5.59. The Morgan fingerprint density at radius 3 is 2.71 bits per heavy atom. The molecular formula is C26H27N5O4. The minimum Gasteiger partial charge on any atom is -0.496 e. The first-order valence-electron chi connectivity index (χ1n) is 12.0. The summed E-state index contributed by atoms with van der Waals surface area (Å²) >= 11 is 0. The molecule has 0 radical (unpaired) electrons. The van der Waals surface area contributed by atoms with Gasteiger partial charge in [0.05, 0.1) is 37.0 Å². The van der Waals surface area contributed by atoms with Crippen LogP contribution in [-0.2, 0) is 6.54 Å². The van der Waals surface area contributed by atoms with Crippen molar-refractivity contribution >= 4 is 21.7 Å². The monoisotopic (exact) mass is 473 g/mol. The van der Waals surface area contributed by atoms with Crippen LogP contribution in [0.4, 0.5) is 0 Å². The van der Waals surface area contributed by atoms with Crippen LogP contribution in [0.25, 0.3) is 21.7 Å². The Balaban J connectivity index is 1.13. The van der Waals surface area contributed by atoms with Gasteiger partial charge in [0.25, 0.3) is 5.56 Å². The summed E-state index contributed by atoms with van der Waals surface area (Å²) in [5.41, 5.74) is 1.06. The van der Waals surface area contributed by atoms with Gasteiger partial charge in [0.1, 0.15) is 11.5 Å². The van der Waals surface area contributed by atoms with E-state index in [4.69, 9.17) is 9.47 Å². The van der Waals surface area contributed by atoms with Gasteiger partial charge < -0.3 is 19.4 Å². The van der Waals surface area contributed by atoms with Crippen LogP contribution >= 0.6 is 0 Å². The molecule has 180 valence electrons. The van der Waals surface area contributed by atoms with E-state index in [2.05, 4.69) is 20.1 Å². The summed E-state index contributed by atoms with van der Waals surface area (Å²) in [6.07, 6.45) is 4.89. The molecule has 2 aliphatic rings. The van der Waals surface area contributed by atoms with Crippen molar-refractivity contribution in [1.82, 2.24) is 24.6 Å². The standard InChI is InChI=1S/C26H27N5O4/c1-34-22-5-4-6-23-24(22)20-14-30(13-18(20)15-35-23)7-2-3-8-31-25(32)19-9-16-11-27-28-12-17(16)10-21(19)29-26(31)33/h4-6,9-12,18,20H,2-3,7-8,13-15H2,1H3,(H,29,33)/t18-,20+/m0/s1. The first kappa shape index (κ1) is 21.8. The van der Waals surface area contributed by atoms with E-state index >= 15 is 0 Å². The van der Waals surface area contributed by atoms with Crippen molar-refractivity contribution < 1.29 is 9.47 Å². The number of aromatic amines is 1. The number of H-pyrrole nitrogens is 1. The number of ether oxygens (including phenoxy) is 2. The largest absolute Gasteiger partial charge is 0.496 e. The molecule has 0 amide bonds. The highest BCUT2D eigenvalue weighted by molar-refractivity contribution is 5.95. The molecular weight excluding hydrogens is 446 g/mol. The molecule has 0 aliphatic carbocycles. The molecule has 35 heavy (non-hydrogen) atoms. The molecule has 6 rings (SSSR count). The van der Waals surface area contributed by atoms with Gasteiger partial charge in [-0.3, -0.25) is 9.36 Å². The predicted octanol–water partition coefficient (Wildman–Crippen LogP) is 2.53. The zero-order valence-corrected chi connectivity index (χ0v) is 19.6. The lowest BCUT2D eigenvalue weighted by Gasteiger charge is -2.29. The van der Waals surface area contributed by atoms with Crippen LogP contribution in [0, 0.1) is 5.92 Å². The molecule has 1 N–H and O–H groups in total. The van der Waals surface area contributed by atoms with Crippen molar-refractivity contribution in [3.63, 3.8) is 0 Å². The highest BCUT2D eigenvalue weighted by atomic mass is 16.5. The van der Waals surface area contributed by atoms with Gasteiger partial charge in [0.15, 0.2) is 0 Å². The molecule has 0 saturated carbocycles. The predicted molar refractivity (Wildman–Crippen MR) is 132 cm³/mol. The summed E-state index contributed by atoms with van der Waals surface area (Å²) in [6, 6.07) is 9.54. The van der Waals surface area contributed by atoms with Crippen LogP contribution in [0.1, 0.15) is 24.3 Å². The Hall–Kier alpha value is -3.72. The summed E-state index contributed by atoms with van der Waals surface area (Å²) in [7, 11) is 1.71. The first-order chi connectivity index (χ1) is 17.1. The quantitative estimate of drug-likeness (QED) is 0.339. The molecule has 2 aromatic heterocycles. The van der Waals surface area contributed by atoms with Gasteiger partial charge >= 0.3 is 5.69 Å². The van der Waals surface area contributed by atoms with Gasteiger partial charge in [-0.15, -0.1) is 0 Å². The lowest BCUT2D eigenvalue weighted by molar-refractivity contribution is 0.209. The summed E-state index contributed by atoms with van der Waals surface area (Å²) in [6.45, 7) is 3.98. The van der Waals surface area contributed by atoms with Gasteiger partial charge in [-0.2, -0.15) is 10.2 Å². The average molecular weight is 474 g/mol. The molecule has 4 heterocycles. The van der Waals surface area contributed by atoms with Crippen LogP contribution in [0.2, 0.25) is 0 Å². The first-order valence-corrected chi connectivity index (χ1v) is 12.0. The molecule has 9 nitrogen and oxygen atoms in total. The van der Waals surface area contributed by atoms with Gasteiger partial charge in [0, 0.05) is 47.8 Å². The van der Waals surface area contributed by atoms with Gasteiger partial charge in [0.2, 0.25) is 0 Å². The van der Waals surface area contributed by atoms with Crippen LogP contribution in [-0.4, -0.2) is 58.0 Å². The van der Waals surface area contributed by atoms with Crippen molar-refractivity contribution in [2.75, 3.05) is 33.4 Å². The summed E-state index contributed by atoms with van der Waals surface area (Å²) < 4.78 is 12.9. The third-order valence-electron chi connectivity index (χ3n) is 7.34. The van der Waals surface area contributed by atoms with Crippen LogP contribution in [0.3, 0.4) is 0 Å². The molecule has 0 bridgehead atoms. The Morgan fingerprint density at radius 2 is 1.89 bits per heavy atom. The molecule has 9 heteroatoms. The lowest BCUT2D eigenvalue weighted by atomic mass is 9.86. The van der Waals surface area contributed by atoms with Crippen molar-refractivity contribution in [3.8, 4) is 11.5 Å². The number of rotatable bonds is 6. The minimum atomic E-state index is -0.378. The van der Waals surface area contributed by atoms with Crippen LogP contribution < -0.4 is 20.7 Å². The molecule has 4 aromatic rings. The maximum atomic E-state index is 13.1. The molecule has 0 unspecified atom stereocenters. The number of hydrogen-bond donors (Lipinski definition) is 1. The average Bonchev–Trinajstić information content (AvgIpc) is 3.30. The van der Waals surface area contributed by atoms with Gasteiger partial charge in [-0.05, 0) is 43.7 Å². The second-order valence-corrected chi connectivity index (χ2v) is 9.42. The van der Waals surface area contributed by atoms with Gasteiger partial charge in [-0.1, -0.05) is 6.07 Å². The Bertz CT molecular complexity index is 1510. The molecule has 0 spiro atoms. The van der Waals surface area contributed by atoms with Crippen molar-refractivity contribution in [1.29, 1.82) is 0 Å². The SMILES string of the molecule is COc1cccc2c1[C@@H]1CN(CCCCn3c(=O)[nH]c4cc5cnncc5cc4c3=O)C[C@H]1CO2. The van der Waals surface area contributed by atoms with Gasteiger partial charge in [-0.25, -0.2) is 4.79 Å². The zero-order valence-electron chi connectivity index (χ0n) is 19.6. The third-order valence-corrected chi connectivity index (χ3v) is 7.34.